The van der Waals surface area contributed by atoms with Crippen molar-refractivity contribution in [2.24, 2.45) is 5.41 Å². The number of nitrogens with zero attached hydrogens (tertiary/aromatic N) is 2. The summed E-state index contributed by atoms with van der Waals surface area (Å²) in [5.41, 5.74) is 3.29. The van der Waals surface area contributed by atoms with Crippen molar-refractivity contribution in [3.8, 4) is 0 Å². The molecule has 118 valence electrons. The number of benzene rings is 1. The molecule has 1 saturated heterocycles. The minimum Gasteiger partial charge on any atom is -0.369 e. The molecule has 0 atom stereocenters. The zero-order valence-corrected chi connectivity index (χ0v) is 14.5. The van der Waals surface area contributed by atoms with Gasteiger partial charge >= 0.3 is 0 Å². The molecular formula is C19H32N2. The van der Waals surface area contributed by atoms with E-state index in [1.54, 1.807) is 0 Å². The smallest absolute Gasteiger partial charge is 0.0369 e. The van der Waals surface area contributed by atoms with Gasteiger partial charge in [-0.25, -0.2) is 0 Å². The van der Waals surface area contributed by atoms with Crippen molar-refractivity contribution >= 4 is 5.69 Å². The van der Waals surface area contributed by atoms with E-state index in [1.165, 1.54) is 37.3 Å². The van der Waals surface area contributed by atoms with Gasteiger partial charge in [-0.2, -0.15) is 0 Å². The highest BCUT2D eigenvalue weighted by Crippen LogP contribution is 2.23. The first-order chi connectivity index (χ1) is 9.85. The largest absolute Gasteiger partial charge is 0.369 e. The second-order valence-electron chi connectivity index (χ2n) is 7.89. The maximum Gasteiger partial charge on any atom is 0.0369 e. The molecule has 1 heterocycles. The van der Waals surface area contributed by atoms with E-state index in [4.69, 9.17) is 0 Å². The van der Waals surface area contributed by atoms with Crippen LogP contribution in [0.5, 0.6) is 0 Å². The predicted octanol–water partition coefficient (Wildman–Crippen LogP) is 4.37. The van der Waals surface area contributed by atoms with Crippen molar-refractivity contribution in [2.75, 3.05) is 37.6 Å². The molecule has 0 saturated carbocycles. The number of anilines is 1. The Morgan fingerprint density at radius 3 is 2.29 bits per heavy atom. The Balaban J connectivity index is 1.87. The van der Waals surface area contributed by atoms with Crippen molar-refractivity contribution in [1.82, 2.24) is 4.90 Å². The lowest BCUT2D eigenvalue weighted by atomic mass is 9.92. The van der Waals surface area contributed by atoms with Crippen LogP contribution in [0.25, 0.3) is 0 Å². The fourth-order valence-electron chi connectivity index (χ4n) is 2.80. The average molecular weight is 288 g/mol. The Hall–Kier alpha value is -1.02. The van der Waals surface area contributed by atoms with Crippen molar-refractivity contribution in [2.45, 2.75) is 47.0 Å². The lowest BCUT2D eigenvalue weighted by Gasteiger charge is -2.37. The van der Waals surface area contributed by atoms with Crippen molar-refractivity contribution in [3.05, 3.63) is 29.8 Å². The van der Waals surface area contributed by atoms with Crippen LogP contribution in [0, 0.1) is 5.41 Å². The SMILES string of the molecule is CC(C)c1cccc(N2CCN(CCC(C)(C)C)CC2)c1. The van der Waals surface area contributed by atoms with E-state index < -0.39 is 0 Å². The zero-order chi connectivity index (χ0) is 15.5. The summed E-state index contributed by atoms with van der Waals surface area (Å²) in [4.78, 5) is 5.16. The Morgan fingerprint density at radius 2 is 1.71 bits per heavy atom. The highest BCUT2D eigenvalue weighted by atomic mass is 15.3. The maximum absolute atomic E-state index is 2.62. The van der Waals surface area contributed by atoms with E-state index >= 15 is 0 Å². The van der Waals surface area contributed by atoms with Crippen molar-refractivity contribution in [3.63, 3.8) is 0 Å². The zero-order valence-electron chi connectivity index (χ0n) is 14.5. The third-order valence-corrected chi connectivity index (χ3v) is 4.45. The van der Waals surface area contributed by atoms with Gasteiger partial charge in [-0.05, 0) is 42.0 Å². The first-order valence-electron chi connectivity index (χ1n) is 8.42. The summed E-state index contributed by atoms with van der Waals surface area (Å²) in [6, 6.07) is 9.08. The average Bonchev–Trinajstić information content (AvgIpc) is 2.45. The van der Waals surface area contributed by atoms with E-state index in [-0.39, 0.29) is 0 Å². The topological polar surface area (TPSA) is 6.48 Å². The van der Waals surface area contributed by atoms with Gasteiger partial charge in [-0.15, -0.1) is 0 Å². The van der Waals surface area contributed by atoms with Crippen molar-refractivity contribution in [1.29, 1.82) is 0 Å². The summed E-state index contributed by atoms with van der Waals surface area (Å²) in [6.07, 6.45) is 1.29. The predicted molar refractivity (Wildman–Crippen MR) is 93.3 cm³/mol. The minimum atomic E-state index is 0.447. The normalized spacial score (nSPS) is 17.5. The van der Waals surface area contributed by atoms with E-state index in [2.05, 4.69) is 68.7 Å². The summed E-state index contributed by atoms with van der Waals surface area (Å²) in [7, 11) is 0. The van der Waals surface area contributed by atoms with Crippen LogP contribution in [0.3, 0.4) is 0 Å². The third kappa shape index (κ3) is 5.03. The van der Waals surface area contributed by atoms with E-state index in [1.807, 2.05) is 0 Å². The molecule has 0 unspecified atom stereocenters. The van der Waals surface area contributed by atoms with Gasteiger partial charge < -0.3 is 4.90 Å². The van der Waals surface area contributed by atoms with Crippen LogP contribution in [0.15, 0.2) is 24.3 Å². The molecule has 0 spiro atoms. The van der Waals surface area contributed by atoms with Gasteiger partial charge in [0.05, 0.1) is 0 Å². The lowest BCUT2D eigenvalue weighted by molar-refractivity contribution is 0.217. The van der Waals surface area contributed by atoms with Crippen LogP contribution in [0.1, 0.15) is 52.5 Å². The number of hydrogen-bond donors (Lipinski definition) is 0. The standard InChI is InChI=1S/C19H32N2/c1-16(2)17-7-6-8-18(15-17)21-13-11-20(12-14-21)10-9-19(3,4)5/h6-8,15-16H,9-14H2,1-5H3. The molecule has 0 bridgehead atoms. The highest BCUT2D eigenvalue weighted by molar-refractivity contribution is 5.49. The molecule has 0 aromatic heterocycles. The van der Waals surface area contributed by atoms with E-state index in [9.17, 15) is 0 Å². The Morgan fingerprint density at radius 1 is 1.05 bits per heavy atom. The van der Waals surface area contributed by atoms with Gasteiger partial charge in [-0.1, -0.05) is 46.8 Å². The quantitative estimate of drug-likeness (QED) is 0.812. The van der Waals surface area contributed by atoms with Gasteiger partial charge in [0.2, 0.25) is 0 Å². The molecule has 0 N–H and O–H groups in total. The molecule has 2 rings (SSSR count). The monoisotopic (exact) mass is 288 g/mol. The summed E-state index contributed by atoms with van der Waals surface area (Å²) >= 11 is 0. The van der Waals surface area contributed by atoms with Gasteiger partial charge in [0.1, 0.15) is 0 Å². The fraction of sp³-hybridized carbons (Fsp3) is 0.684. The summed E-state index contributed by atoms with van der Waals surface area (Å²) in [5.74, 6) is 0.609. The third-order valence-electron chi connectivity index (χ3n) is 4.45. The molecule has 21 heavy (non-hydrogen) atoms. The number of piperazine rings is 1. The van der Waals surface area contributed by atoms with Gasteiger partial charge in [0, 0.05) is 31.9 Å². The second-order valence-corrected chi connectivity index (χ2v) is 7.89. The molecule has 2 heteroatoms. The van der Waals surface area contributed by atoms with E-state index in [0.717, 1.165) is 13.1 Å². The van der Waals surface area contributed by atoms with Crippen LogP contribution in [-0.4, -0.2) is 37.6 Å². The highest BCUT2D eigenvalue weighted by Gasteiger charge is 2.19. The molecule has 0 radical (unpaired) electrons. The first kappa shape index (κ1) is 16.4. The molecule has 1 fully saturated rings. The number of rotatable bonds is 4. The lowest BCUT2D eigenvalue weighted by Crippen LogP contribution is -2.47. The van der Waals surface area contributed by atoms with Crippen LogP contribution in [0.2, 0.25) is 0 Å². The van der Waals surface area contributed by atoms with Crippen LogP contribution < -0.4 is 4.90 Å². The summed E-state index contributed by atoms with van der Waals surface area (Å²) in [6.45, 7) is 17.5. The molecule has 2 nitrogen and oxygen atoms in total. The van der Waals surface area contributed by atoms with Crippen LogP contribution in [0.4, 0.5) is 5.69 Å². The summed E-state index contributed by atoms with van der Waals surface area (Å²) < 4.78 is 0. The van der Waals surface area contributed by atoms with Crippen LogP contribution >= 0.6 is 0 Å². The molecule has 1 aliphatic heterocycles. The van der Waals surface area contributed by atoms with Crippen molar-refractivity contribution < 1.29 is 0 Å². The summed E-state index contributed by atoms with van der Waals surface area (Å²) in [5, 5.41) is 0. The van der Waals surface area contributed by atoms with Gasteiger partial charge in [0.25, 0.3) is 0 Å². The number of hydrogen-bond acceptors (Lipinski definition) is 2. The fourth-order valence-corrected chi connectivity index (χ4v) is 2.80. The first-order valence-corrected chi connectivity index (χ1v) is 8.42. The Labute approximate surface area is 131 Å². The maximum atomic E-state index is 2.62. The molecule has 0 aliphatic carbocycles. The van der Waals surface area contributed by atoms with Gasteiger partial charge in [-0.3, -0.25) is 4.90 Å². The Kier molecular flexibility index (Phi) is 5.32. The molecule has 1 aromatic rings. The second kappa shape index (κ2) is 6.83. The van der Waals surface area contributed by atoms with E-state index in [0.29, 0.717) is 11.3 Å². The molecule has 1 aliphatic rings. The molecule has 0 amide bonds. The van der Waals surface area contributed by atoms with Gasteiger partial charge in [0.15, 0.2) is 0 Å². The minimum absolute atomic E-state index is 0.447. The molecule has 1 aromatic carbocycles. The molecular weight excluding hydrogens is 256 g/mol. The van der Waals surface area contributed by atoms with Crippen LogP contribution in [-0.2, 0) is 0 Å². The Bertz CT molecular complexity index is 437.